The monoisotopic (exact) mass is 549 g/mol. The molecule has 210 valence electrons. The Balaban J connectivity index is 1.54. The lowest BCUT2D eigenvalue weighted by Gasteiger charge is -2.28. The Bertz CT molecular complexity index is 2150. The second kappa shape index (κ2) is 7.56. The molecule has 0 atom stereocenters. The van der Waals surface area contributed by atoms with Gasteiger partial charge in [-0.3, -0.25) is 4.98 Å². The fourth-order valence-corrected chi connectivity index (χ4v) is 7.87. The van der Waals surface area contributed by atoms with Gasteiger partial charge in [-0.15, -0.1) is 0 Å². The van der Waals surface area contributed by atoms with Crippen LogP contribution in [0.2, 0.25) is 0 Å². The van der Waals surface area contributed by atoms with E-state index in [1.807, 2.05) is 6.20 Å². The average Bonchev–Trinajstić information content (AvgIpc) is 3.29. The Labute approximate surface area is 248 Å². The zero-order valence-electron chi connectivity index (χ0n) is 26.5. The summed E-state index contributed by atoms with van der Waals surface area (Å²) in [5, 5.41) is 7.90. The lowest BCUT2D eigenvalue weighted by molar-refractivity contribution is 0.503. The van der Waals surface area contributed by atoms with Crippen molar-refractivity contribution < 1.29 is 0 Å². The zero-order chi connectivity index (χ0) is 29.7. The molecule has 0 radical (unpaired) electrons. The van der Waals surface area contributed by atoms with Gasteiger partial charge in [0.2, 0.25) is 0 Å². The van der Waals surface area contributed by atoms with Crippen LogP contribution < -0.4 is 0 Å². The van der Waals surface area contributed by atoms with Crippen molar-refractivity contribution in [1.29, 1.82) is 0 Å². The largest absolute Gasteiger partial charge is 0.256 e. The second-order valence-electron chi connectivity index (χ2n) is 15.8. The molecule has 0 amide bonds. The zero-order valence-corrected chi connectivity index (χ0v) is 26.5. The van der Waals surface area contributed by atoms with E-state index in [0.717, 1.165) is 22.9 Å². The Morgan fingerprint density at radius 2 is 1.19 bits per heavy atom. The normalized spacial score (nSPS) is 16.7. The molecule has 0 fully saturated rings. The summed E-state index contributed by atoms with van der Waals surface area (Å²) in [7, 11) is 0. The number of rotatable bonds is 0. The van der Waals surface area contributed by atoms with Crippen LogP contribution in [0.15, 0.2) is 54.7 Å². The van der Waals surface area contributed by atoms with Gasteiger partial charge in [0.25, 0.3) is 0 Å². The van der Waals surface area contributed by atoms with Crippen molar-refractivity contribution in [3.63, 3.8) is 0 Å². The molecule has 3 heteroatoms. The number of fused-ring (bicyclic) bond motifs is 8. The minimum Gasteiger partial charge on any atom is -0.256 e. The predicted molar refractivity (Wildman–Crippen MR) is 176 cm³/mol. The SMILES string of the molecule is CC(C)(C)c1nc(C(C)(C)C)c2c(n1)C(C)(C)c1cc3ccc4c5c(cc6ccc(c1-2)c3c64)C(C)(C)c1cccnc1-5. The van der Waals surface area contributed by atoms with Crippen LogP contribution in [0.1, 0.15) is 103 Å². The predicted octanol–water partition coefficient (Wildman–Crippen LogP) is 9.98. The summed E-state index contributed by atoms with van der Waals surface area (Å²) in [6.07, 6.45) is 1.94. The van der Waals surface area contributed by atoms with E-state index in [9.17, 15) is 0 Å². The van der Waals surface area contributed by atoms with Crippen molar-refractivity contribution in [2.24, 2.45) is 0 Å². The van der Waals surface area contributed by atoms with Crippen molar-refractivity contribution in [3.05, 3.63) is 88.6 Å². The van der Waals surface area contributed by atoms with Crippen molar-refractivity contribution >= 4 is 32.3 Å². The molecule has 2 aromatic heterocycles. The van der Waals surface area contributed by atoms with Crippen molar-refractivity contribution in [2.75, 3.05) is 0 Å². The van der Waals surface area contributed by atoms with E-state index in [1.165, 1.54) is 65.7 Å². The van der Waals surface area contributed by atoms with Gasteiger partial charge in [-0.05, 0) is 72.8 Å². The third kappa shape index (κ3) is 3.04. The molecule has 0 aliphatic heterocycles. The van der Waals surface area contributed by atoms with Gasteiger partial charge in [-0.2, -0.15) is 0 Å². The first kappa shape index (κ1) is 25.8. The molecule has 3 nitrogen and oxygen atoms in total. The topological polar surface area (TPSA) is 38.7 Å². The van der Waals surface area contributed by atoms with Crippen LogP contribution in [0.4, 0.5) is 0 Å². The highest BCUT2D eigenvalue weighted by Crippen LogP contribution is 2.57. The van der Waals surface area contributed by atoms with Crippen LogP contribution in [0, 0.1) is 0 Å². The molecule has 0 N–H and O–H groups in total. The van der Waals surface area contributed by atoms with E-state index >= 15 is 0 Å². The van der Waals surface area contributed by atoms with Gasteiger partial charge in [0.15, 0.2) is 0 Å². The maximum Gasteiger partial charge on any atom is 0.134 e. The maximum atomic E-state index is 5.35. The Morgan fingerprint density at radius 1 is 0.595 bits per heavy atom. The second-order valence-corrected chi connectivity index (χ2v) is 15.8. The van der Waals surface area contributed by atoms with Crippen LogP contribution in [0.5, 0.6) is 0 Å². The lowest BCUT2D eigenvalue weighted by Crippen LogP contribution is -2.26. The van der Waals surface area contributed by atoms with Gasteiger partial charge in [0.1, 0.15) is 5.82 Å². The molecule has 0 spiro atoms. The van der Waals surface area contributed by atoms with Gasteiger partial charge in [-0.25, -0.2) is 9.97 Å². The number of hydrogen-bond donors (Lipinski definition) is 0. The Morgan fingerprint density at radius 3 is 1.79 bits per heavy atom. The highest BCUT2D eigenvalue weighted by Gasteiger charge is 2.44. The van der Waals surface area contributed by atoms with Gasteiger partial charge >= 0.3 is 0 Å². The number of nitrogens with zero attached hydrogens (tertiary/aromatic N) is 3. The smallest absolute Gasteiger partial charge is 0.134 e. The van der Waals surface area contributed by atoms with E-state index in [0.29, 0.717) is 0 Å². The quantitative estimate of drug-likeness (QED) is 0.177. The fourth-order valence-electron chi connectivity index (χ4n) is 7.87. The first-order valence-corrected chi connectivity index (χ1v) is 15.3. The highest BCUT2D eigenvalue weighted by atomic mass is 14.9. The van der Waals surface area contributed by atoms with Crippen molar-refractivity contribution in [3.8, 4) is 22.4 Å². The molecule has 0 bridgehead atoms. The third-order valence-corrected chi connectivity index (χ3v) is 10.1. The first-order valence-electron chi connectivity index (χ1n) is 15.3. The van der Waals surface area contributed by atoms with E-state index < -0.39 is 0 Å². The summed E-state index contributed by atoms with van der Waals surface area (Å²) >= 11 is 0. The molecule has 2 heterocycles. The van der Waals surface area contributed by atoms with Gasteiger partial charge < -0.3 is 0 Å². The van der Waals surface area contributed by atoms with E-state index in [1.54, 1.807) is 0 Å². The van der Waals surface area contributed by atoms with Crippen molar-refractivity contribution in [1.82, 2.24) is 15.0 Å². The molecule has 4 aromatic carbocycles. The Hall–Kier alpha value is -3.85. The van der Waals surface area contributed by atoms with Gasteiger partial charge in [0, 0.05) is 39.0 Å². The molecule has 8 rings (SSSR count). The standard InChI is InChI=1S/C39H39N3/c1-36(2,3)33-31-29-22-15-13-21-19-26-30(32-24(38(26,7)8)12-11-17-40-32)23-16-14-20(27(22)28(21)23)18-25(29)39(9,10)34(31)42-35(41-33)37(4,5)6/h11-19H,1-10H3. The van der Waals surface area contributed by atoms with E-state index in [2.05, 4.69) is 118 Å². The number of benzene rings is 4. The minimum atomic E-state index is -0.230. The van der Waals surface area contributed by atoms with Crippen molar-refractivity contribution in [2.45, 2.75) is 90.9 Å². The highest BCUT2D eigenvalue weighted by molar-refractivity contribution is 6.29. The summed E-state index contributed by atoms with van der Waals surface area (Å²) in [4.78, 5) is 15.6. The first-order chi connectivity index (χ1) is 19.6. The van der Waals surface area contributed by atoms with E-state index in [4.69, 9.17) is 15.0 Å². The molecule has 42 heavy (non-hydrogen) atoms. The van der Waals surface area contributed by atoms with Crippen LogP contribution >= 0.6 is 0 Å². The summed E-state index contributed by atoms with van der Waals surface area (Å²) < 4.78 is 0. The lowest BCUT2D eigenvalue weighted by atomic mass is 9.79. The van der Waals surface area contributed by atoms with Gasteiger partial charge in [-0.1, -0.05) is 99.6 Å². The average molecular weight is 550 g/mol. The van der Waals surface area contributed by atoms with E-state index in [-0.39, 0.29) is 21.7 Å². The number of hydrogen-bond acceptors (Lipinski definition) is 3. The summed E-state index contributed by atoms with van der Waals surface area (Å²) in [5.74, 6) is 0.929. The van der Waals surface area contributed by atoms with Crippen LogP contribution in [-0.4, -0.2) is 15.0 Å². The molecule has 0 saturated carbocycles. The molecule has 2 aliphatic rings. The molecule has 2 aliphatic carbocycles. The van der Waals surface area contributed by atoms with Gasteiger partial charge in [0.05, 0.1) is 17.1 Å². The molecule has 0 saturated heterocycles. The van der Waals surface area contributed by atoms with Crippen LogP contribution in [-0.2, 0) is 21.7 Å². The molecule has 6 aromatic rings. The number of pyridine rings is 1. The third-order valence-electron chi connectivity index (χ3n) is 10.1. The Kier molecular flexibility index (Phi) is 4.65. The van der Waals surface area contributed by atoms with Crippen LogP contribution in [0.3, 0.4) is 0 Å². The maximum absolute atomic E-state index is 5.35. The molecular formula is C39H39N3. The minimum absolute atomic E-state index is 0.0860. The molecular weight excluding hydrogens is 510 g/mol. The molecule has 0 unspecified atom stereocenters. The summed E-state index contributed by atoms with van der Waals surface area (Å²) in [6, 6.07) is 18.6. The number of aromatic nitrogens is 3. The van der Waals surface area contributed by atoms with Crippen LogP contribution in [0.25, 0.3) is 54.7 Å². The summed E-state index contributed by atoms with van der Waals surface area (Å²) in [6.45, 7) is 22.9. The summed E-state index contributed by atoms with van der Waals surface area (Å²) in [5.41, 5.74) is 10.8. The fraction of sp³-hybridized carbons (Fsp3) is 0.359.